The van der Waals surface area contributed by atoms with Gasteiger partial charge in [-0.2, -0.15) is 0 Å². The summed E-state index contributed by atoms with van der Waals surface area (Å²) in [5.74, 6) is 0.232. The zero-order valence-electron chi connectivity index (χ0n) is 11.3. The number of carbonyl (C=O) groups is 1. The fraction of sp³-hybridized carbons (Fsp3) is 0.533. The summed E-state index contributed by atoms with van der Waals surface area (Å²) in [7, 11) is 0. The number of para-hydroxylation sites is 1. The molecule has 1 amide bonds. The molecule has 3 nitrogen and oxygen atoms in total. The molecule has 1 aromatic rings. The molecular formula is C15H22N2O. The summed E-state index contributed by atoms with van der Waals surface area (Å²) in [5, 5.41) is 3.29. The quantitative estimate of drug-likeness (QED) is 0.884. The van der Waals surface area contributed by atoms with Gasteiger partial charge in [0, 0.05) is 31.2 Å². The molecule has 0 radical (unpaired) electrons. The van der Waals surface area contributed by atoms with Crippen LogP contribution in [0.2, 0.25) is 0 Å². The van der Waals surface area contributed by atoms with Gasteiger partial charge in [-0.05, 0) is 24.5 Å². The van der Waals surface area contributed by atoms with Crippen LogP contribution >= 0.6 is 0 Å². The Balaban J connectivity index is 1.99. The van der Waals surface area contributed by atoms with E-state index in [1.807, 2.05) is 17.0 Å². The van der Waals surface area contributed by atoms with Crippen molar-refractivity contribution < 1.29 is 4.79 Å². The number of nitrogens with zero attached hydrogens (tertiary/aromatic N) is 1. The monoisotopic (exact) mass is 246 g/mol. The van der Waals surface area contributed by atoms with Crippen molar-refractivity contribution >= 4 is 11.6 Å². The number of anilines is 1. The van der Waals surface area contributed by atoms with E-state index in [-0.39, 0.29) is 5.91 Å². The molecule has 0 aliphatic carbocycles. The normalized spacial score (nSPS) is 14.7. The van der Waals surface area contributed by atoms with E-state index < -0.39 is 0 Å². The largest absolute Gasteiger partial charge is 0.314 e. The number of hydrogen-bond donors (Lipinski definition) is 1. The maximum atomic E-state index is 12.2. The molecule has 0 fully saturated rings. The Kier molecular flexibility index (Phi) is 4.37. The smallest absolute Gasteiger partial charge is 0.228 e. The standard InChI is InChI=1S/C15H22N2O/c1-12(2)16-10-9-15(18)17-11-5-7-13-6-3-4-8-14(13)17/h3-4,6,8,12,16H,5,7,9-11H2,1-2H3. The van der Waals surface area contributed by atoms with Gasteiger partial charge in [-0.25, -0.2) is 0 Å². The van der Waals surface area contributed by atoms with Crippen LogP contribution in [0, 0.1) is 0 Å². The highest BCUT2D eigenvalue weighted by Gasteiger charge is 2.21. The highest BCUT2D eigenvalue weighted by molar-refractivity contribution is 5.94. The van der Waals surface area contributed by atoms with Gasteiger partial charge in [0.05, 0.1) is 0 Å². The summed E-state index contributed by atoms with van der Waals surface area (Å²) >= 11 is 0. The van der Waals surface area contributed by atoms with Gasteiger partial charge < -0.3 is 10.2 Å². The predicted molar refractivity (Wildman–Crippen MR) is 74.9 cm³/mol. The fourth-order valence-electron chi connectivity index (χ4n) is 2.40. The van der Waals surface area contributed by atoms with Crippen LogP contribution in [0.4, 0.5) is 5.69 Å². The molecule has 0 saturated carbocycles. The molecule has 98 valence electrons. The summed E-state index contributed by atoms with van der Waals surface area (Å²) in [6, 6.07) is 8.68. The van der Waals surface area contributed by atoms with Crippen molar-refractivity contribution in [3.63, 3.8) is 0 Å². The second kappa shape index (κ2) is 6.01. The van der Waals surface area contributed by atoms with Crippen molar-refractivity contribution in [3.05, 3.63) is 29.8 Å². The molecular weight excluding hydrogens is 224 g/mol. The van der Waals surface area contributed by atoms with Gasteiger partial charge in [0.25, 0.3) is 0 Å². The van der Waals surface area contributed by atoms with Gasteiger partial charge in [-0.15, -0.1) is 0 Å². The van der Waals surface area contributed by atoms with Crippen LogP contribution in [0.5, 0.6) is 0 Å². The van der Waals surface area contributed by atoms with E-state index in [9.17, 15) is 4.79 Å². The molecule has 0 spiro atoms. The number of rotatable bonds is 4. The van der Waals surface area contributed by atoms with Gasteiger partial charge in [0.15, 0.2) is 0 Å². The zero-order chi connectivity index (χ0) is 13.0. The first-order chi connectivity index (χ1) is 8.68. The third-order valence-electron chi connectivity index (χ3n) is 3.30. The van der Waals surface area contributed by atoms with E-state index in [1.54, 1.807) is 0 Å². The first kappa shape index (κ1) is 13.1. The lowest BCUT2D eigenvalue weighted by Crippen LogP contribution is -2.37. The van der Waals surface area contributed by atoms with Crippen molar-refractivity contribution in [2.45, 2.75) is 39.2 Å². The molecule has 0 unspecified atom stereocenters. The fourth-order valence-corrected chi connectivity index (χ4v) is 2.40. The number of amides is 1. The molecule has 0 saturated heterocycles. The summed E-state index contributed by atoms with van der Waals surface area (Å²) in [4.78, 5) is 14.2. The van der Waals surface area contributed by atoms with Crippen molar-refractivity contribution in [1.29, 1.82) is 0 Å². The third-order valence-corrected chi connectivity index (χ3v) is 3.30. The number of carbonyl (C=O) groups excluding carboxylic acids is 1. The molecule has 1 aromatic carbocycles. The molecule has 1 aliphatic heterocycles. The van der Waals surface area contributed by atoms with E-state index in [0.717, 1.165) is 31.6 Å². The predicted octanol–water partition coefficient (Wildman–Crippen LogP) is 2.35. The van der Waals surface area contributed by atoms with Crippen LogP contribution in [-0.4, -0.2) is 25.0 Å². The van der Waals surface area contributed by atoms with E-state index in [0.29, 0.717) is 12.5 Å². The van der Waals surface area contributed by atoms with Crippen LogP contribution in [-0.2, 0) is 11.2 Å². The Hall–Kier alpha value is -1.35. The summed E-state index contributed by atoms with van der Waals surface area (Å²) in [5.41, 5.74) is 2.41. The lowest BCUT2D eigenvalue weighted by molar-refractivity contribution is -0.118. The molecule has 1 N–H and O–H groups in total. The lowest BCUT2D eigenvalue weighted by Gasteiger charge is -2.29. The van der Waals surface area contributed by atoms with Crippen LogP contribution in [0.15, 0.2) is 24.3 Å². The molecule has 0 aromatic heterocycles. The Morgan fingerprint density at radius 3 is 2.94 bits per heavy atom. The minimum absolute atomic E-state index is 0.232. The van der Waals surface area contributed by atoms with Crippen molar-refractivity contribution in [2.75, 3.05) is 18.0 Å². The van der Waals surface area contributed by atoms with Gasteiger partial charge in [0.2, 0.25) is 5.91 Å². The molecule has 1 heterocycles. The maximum Gasteiger partial charge on any atom is 0.228 e. The number of hydrogen-bond acceptors (Lipinski definition) is 2. The Labute approximate surface area is 109 Å². The van der Waals surface area contributed by atoms with Gasteiger partial charge in [-0.1, -0.05) is 32.0 Å². The first-order valence-corrected chi connectivity index (χ1v) is 6.80. The highest BCUT2D eigenvalue weighted by atomic mass is 16.2. The maximum absolute atomic E-state index is 12.2. The number of fused-ring (bicyclic) bond motifs is 1. The molecule has 0 bridgehead atoms. The van der Waals surface area contributed by atoms with Crippen LogP contribution in [0.1, 0.15) is 32.3 Å². The summed E-state index contributed by atoms with van der Waals surface area (Å²) in [6.07, 6.45) is 2.73. The number of benzene rings is 1. The second-order valence-corrected chi connectivity index (χ2v) is 5.14. The summed E-state index contributed by atoms with van der Waals surface area (Å²) in [6.45, 7) is 5.81. The van der Waals surface area contributed by atoms with Crippen molar-refractivity contribution in [2.24, 2.45) is 0 Å². The van der Waals surface area contributed by atoms with Crippen molar-refractivity contribution in [1.82, 2.24) is 5.32 Å². The van der Waals surface area contributed by atoms with E-state index in [2.05, 4.69) is 31.3 Å². The Bertz CT molecular complexity index is 415. The number of nitrogens with one attached hydrogen (secondary N) is 1. The molecule has 2 rings (SSSR count). The minimum atomic E-state index is 0.232. The molecule has 3 heteroatoms. The van der Waals surface area contributed by atoms with Crippen LogP contribution in [0.3, 0.4) is 0 Å². The van der Waals surface area contributed by atoms with E-state index in [4.69, 9.17) is 0 Å². The minimum Gasteiger partial charge on any atom is -0.314 e. The molecule has 18 heavy (non-hydrogen) atoms. The SMILES string of the molecule is CC(C)NCCC(=O)N1CCCc2ccccc21. The average molecular weight is 246 g/mol. The van der Waals surface area contributed by atoms with Crippen molar-refractivity contribution in [3.8, 4) is 0 Å². The Morgan fingerprint density at radius 1 is 1.39 bits per heavy atom. The van der Waals surface area contributed by atoms with Gasteiger partial charge in [0.1, 0.15) is 0 Å². The summed E-state index contributed by atoms with van der Waals surface area (Å²) < 4.78 is 0. The highest BCUT2D eigenvalue weighted by Crippen LogP contribution is 2.26. The topological polar surface area (TPSA) is 32.3 Å². The molecule has 1 aliphatic rings. The third kappa shape index (κ3) is 3.10. The lowest BCUT2D eigenvalue weighted by atomic mass is 10.0. The average Bonchev–Trinajstić information content (AvgIpc) is 2.37. The Morgan fingerprint density at radius 2 is 2.17 bits per heavy atom. The van der Waals surface area contributed by atoms with Gasteiger partial charge in [-0.3, -0.25) is 4.79 Å². The van der Waals surface area contributed by atoms with Crippen LogP contribution in [0.25, 0.3) is 0 Å². The van der Waals surface area contributed by atoms with E-state index >= 15 is 0 Å². The van der Waals surface area contributed by atoms with Crippen LogP contribution < -0.4 is 10.2 Å². The first-order valence-electron chi connectivity index (χ1n) is 6.80. The van der Waals surface area contributed by atoms with Gasteiger partial charge >= 0.3 is 0 Å². The second-order valence-electron chi connectivity index (χ2n) is 5.14. The molecule has 0 atom stereocenters. The number of aryl methyl sites for hydroxylation is 1. The zero-order valence-corrected chi connectivity index (χ0v) is 11.3. The van der Waals surface area contributed by atoms with E-state index in [1.165, 1.54) is 5.56 Å².